The van der Waals surface area contributed by atoms with E-state index in [1.807, 2.05) is 42.5 Å². The maximum Gasteiger partial charge on any atom is 0.187 e. The van der Waals surface area contributed by atoms with Crippen LogP contribution in [0.15, 0.2) is 66.7 Å². The van der Waals surface area contributed by atoms with Gasteiger partial charge in [0.1, 0.15) is 0 Å². The summed E-state index contributed by atoms with van der Waals surface area (Å²) >= 11 is 12.7. The second-order valence-corrected chi connectivity index (χ2v) is 8.86. The largest absolute Gasteiger partial charge is 0.387 e. The van der Waals surface area contributed by atoms with Gasteiger partial charge in [0, 0.05) is 31.2 Å². The van der Waals surface area contributed by atoms with Crippen LogP contribution in [0.4, 0.5) is 11.4 Å². The van der Waals surface area contributed by atoms with Gasteiger partial charge in [0.15, 0.2) is 5.69 Å². The Morgan fingerprint density at radius 1 is 1.06 bits per heavy atom. The molecule has 2 atom stereocenters. The summed E-state index contributed by atoms with van der Waals surface area (Å²) in [5, 5.41) is 21.2. The number of anilines is 1. The van der Waals surface area contributed by atoms with E-state index in [2.05, 4.69) is 20.7 Å². The molecule has 3 aromatic rings. The van der Waals surface area contributed by atoms with E-state index in [1.165, 1.54) is 0 Å². The highest BCUT2D eigenvalue weighted by molar-refractivity contribution is 6.33. The van der Waals surface area contributed by atoms with Crippen LogP contribution in [-0.4, -0.2) is 36.2 Å². The number of aliphatic hydroxyl groups excluding tert-OH is 1. The fourth-order valence-corrected chi connectivity index (χ4v) is 4.61. The zero-order valence-electron chi connectivity index (χ0n) is 17.8. The second kappa shape index (κ2) is 10.3. The molecule has 1 fully saturated rings. The lowest BCUT2D eigenvalue weighted by atomic mass is 10.00. The second-order valence-electron chi connectivity index (χ2n) is 8.02. The highest BCUT2D eigenvalue weighted by Crippen LogP contribution is 2.36. The maximum atomic E-state index is 10.8. The monoisotopic (exact) mass is 476 g/mol. The third-order valence-corrected chi connectivity index (χ3v) is 6.50. The standard InChI is InChI=1S/C26H22Cl2N4O/c1-30-22-9-5-20(6-10-22)26(33)17-31-12-13-32(24-11-2-18(15-29)14-23(24)28)25(16-31)19-3-7-21(27)8-4-19/h2-11,14,25-26,33H,12-13,16-17H2/t25-,26+/m0/s1. The summed E-state index contributed by atoms with van der Waals surface area (Å²) in [6, 6.07) is 22.4. The van der Waals surface area contributed by atoms with Crippen LogP contribution in [0.5, 0.6) is 0 Å². The summed E-state index contributed by atoms with van der Waals surface area (Å²) in [6.07, 6.45) is -0.652. The summed E-state index contributed by atoms with van der Waals surface area (Å²) in [5.74, 6) is 0. The van der Waals surface area contributed by atoms with Crippen molar-refractivity contribution in [2.24, 2.45) is 0 Å². The number of benzene rings is 3. The van der Waals surface area contributed by atoms with Crippen molar-refractivity contribution in [2.75, 3.05) is 31.1 Å². The fraction of sp³-hybridized carbons (Fsp3) is 0.231. The average Bonchev–Trinajstić information content (AvgIpc) is 2.84. The van der Waals surface area contributed by atoms with Gasteiger partial charge in [-0.2, -0.15) is 5.26 Å². The predicted octanol–water partition coefficient (Wildman–Crippen LogP) is 6.01. The minimum absolute atomic E-state index is 0.00172. The van der Waals surface area contributed by atoms with Crippen LogP contribution in [0.2, 0.25) is 10.0 Å². The van der Waals surface area contributed by atoms with Crippen molar-refractivity contribution in [3.63, 3.8) is 0 Å². The van der Waals surface area contributed by atoms with E-state index in [1.54, 1.807) is 24.3 Å². The third kappa shape index (κ3) is 5.30. The lowest BCUT2D eigenvalue weighted by Crippen LogP contribution is -2.49. The van der Waals surface area contributed by atoms with E-state index in [0.717, 1.165) is 23.4 Å². The lowest BCUT2D eigenvalue weighted by Gasteiger charge is -2.44. The quantitative estimate of drug-likeness (QED) is 0.457. The average molecular weight is 477 g/mol. The van der Waals surface area contributed by atoms with Crippen LogP contribution in [0.3, 0.4) is 0 Å². The molecule has 0 aliphatic carbocycles. The first-order valence-corrected chi connectivity index (χ1v) is 11.3. The minimum Gasteiger partial charge on any atom is -0.387 e. The molecular formula is C26H22Cl2N4O. The van der Waals surface area contributed by atoms with E-state index in [4.69, 9.17) is 29.8 Å². The number of aliphatic hydroxyl groups is 1. The number of nitrogens with zero attached hydrogens (tertiary/aromatic N) is 4. The molecule has 7 heteroatoms. The van der Waals surface area contributed by atoms with Gasteiger partial charge >= 0.3 is 0 Å². The summed E-state index contributed by atoms with van der Waals surface area (Å²) in [4.78, 5) is 7.89. The molecule has 166 valence electrons. The normalized spacial score (nSPS) is 17.2. The Labute approximate surface area is 203 Å². The van der Waals surface area contributed by atoms with Gasteiger partial charge in [-0.05, 0) is 41.5 Å². The number of halogens is 2. The first-order valence-electron chi connectivity index (χ1n) is 10.6. The zero-order valence-corrected chi connectivity index (χ0v) is 19.3. The molecule has 1 aliphatic rings. The Balaban J connectivity index is 1.57. The van der Waals surface area contributed by atoms with Crippen LogP contribution in [-0.2, 0) is 0 Å². The molecule has 33 heavy (non-hydrogen) atoms. The Morgan fingerprint density at radius 3 is 2.42 bits per heavy atom. The first kappa shape index (κ1) is 23.1. The summed E-state index contributed by atoms with van der Waals surface area (Å²) in [5.41, 5.74) is 3.86. The van der Waals surface area contributed by atoms with Gasteiger partial charge in [0.25, 0.3) is 0 Å². The smallest absolute Gasteiger partial charge is 0.187 e. The number of rotatable bonds is 5. The van der Waals surface area contributed by atoms with Gasteiger partial charge in [-0.1, -0.05) is 59.6 Å². The van der Waals surface area contributed by atoms with Gasteiger partial charge < -0.3 is 10.0 Å². The maximum absolute atomic E-state index is 10.8. The van der Waals surface area contributed by atoms with Gasteiger partial charge in [-0.15, -0.1) is 0 Å². The van der Waals surface area contributed by atoms with Crippen LogP contribution < -0.4 is 4.90 Å². The van der Waals surface area contributed by atoms with Gasteiger partial charge in [-0.25, -0.2) is 4.85 Å². The molecule has 1 N–H and O–H groups in total. The SMILES string of the molecule is [C-]#[N+]c1ccc([C@H](O)CN2CCN(c3ccc(C#N)cc3Cl)[C@H](c3ccc(Cl)cc3)C2)cc1. The van der Waals surface area contributed by atoms with E-state index >= 15 is 0 Å². The third-order valence-electron chi connectivity index (χ3n) is 5.94. The molecule has 1 heterocycles. The van der Waals surface area contributed by atoms with E-state index < -0.39 is 6.10 Å². The molecule has 0 aromatic heterocycles. The number of hydrogen-bond acceptors (Lipinski definition) is 4. The van der Waals surface area contributed by atoms with Crippen molar-refractivity contribution in [1.29, 1.82) is 5.26 Å². The Kier molecular flexibility index (Phi) is 7.18. The van der Waals surface area contributed by atoms with Crippen LogP contribution >= 0.6 is 23.2 Å². The molecule has 1 aliphatic heterocycles. The molecule has 0 spiro atoms. The molecule has 4 rings (SSSR count). The van der Waals surface area contributed by atoms with Crippen molar-refractivity contribution in [1.82, 2.24) is 4.90 Å². The van der Waals surface area contributed by atoms with Crippen molar-refractivity contribution >= 4 is 34.6 Å². The Morgan fingerprint density at radius 2 is 1.79 bits per heavy atom. The number of nitriles is 1. The number of piperazine rings is 1. The van der Waals surface area contributed by atoms with E-state index in [-0.39, 0.29) is 6.04 Å². The zero-order chi connectivity index (χ0) is 23.4. The molecule has 5 nitrogen and oxygen atoms in total. The lowest BCUT2D eigenvalue weighted by molar-refractivity contribution is 0.100. The summed E-state index contributed by atoms with van der Waals surface area (Å²) in [7, 11) is 0. The summed E-state index contributed by atoms with van der Waals surface area (Å²) < 4.78 is 0. The highest BCUT2D eigenvalue weighted by Gasteiger charge is 2.30. The molecule has 0 bridgehead atoms. The molecular weight excluding hydrogens is 455 g/mol. The first-order chi connectivity index (χ1) is 16.0. The van der Waals surface area contributed by atoms with Crippen molar-refractivity contribution < 1.29 is 5.11 Å². The molecule has 1 saturated heterocycles. The van der Waals surface area contributed by atoms with Crippen molar-refractivity contribution in [3.05, 3.63) is 105 Å². The molecule has 3 aromatic carbocycles. The van der Waals surface area contributed by atoms with Crippen LogP contribution in [0.25, 0.3) is 4.85 Å². The van der Waals surface area contributed by atoms with E-state index in [9.17, 15) is 10.4 Å². The predicted molar refractivity (Wildman–Crippen MR) is 132 cm³/mol. The van der Waals surface area contributed by atoms with Crippen molar-refractivity contribution in [3.8, 4) is 6.07 Å². The van der Waals surface area contributed by atoms with Crippen molar-refractivity contribution in [2.45, 2.75) is 12.1 Å². The van der Waals surface area contributed by atoms with Crippen LogP contribution in [0, 0.1) is 17.9 Å². The molecule has 0 amide bonds. The Hall–Kier alpha value is -3.06. The molecule has 0 saturated carbocycles. The fourth-order valence-electron chi connectivity index (χ4n) is 4.19. The van der Waals surface area contributed by atoms with Crippen LogP contribution in [0.1, 0.15) is 28.8 Å². The number of β-amino-alcohol motifs (C(OH)–C–C–N with tert-alkyl or cyclic N) is 1. The molecule has 0 radical (unpaired) electrons. The minimum atomic E-state index is -0.652. The highest BCUT2D eigenvalue weighted by atomic mass is 35.5. The Bertz CT molecular complexity index is 1200. The van der Waals surface area contributed by atoms with Gasteiger partial charge in [0.05, 0.1) is 41.1 Å². The van der Waals surface area contributed by atoms with Gasteiger partial charge in [-0.3, -0.25) is 4.90 Å². The summed E-state index contributed by atoms with van der Waals surface area (Å²) in [6.45, 7) is 9.72. The van der Waals surface area contributed by atoms with Gasteiger partial charge in [0.2, 0.25) is 0 Å². The molecule has 0 unspecified atom stereocenters. The number of hydrogen-bond donors (Lipinski definition) is 1. The van der Waals surface area contributed by atoms with E-state index in [0.29, 0.717) is 40.9 Å². The topological polar surface area (TPSA) is 54.9 Å².